The molecule has 0 saturated carbocycles. The molecular weight excluding hydrogens is 491 g/mol. The smallest absolute Gasteiger partial charge is 0.323 e. The van der Waals surface area contributed by atoms with Crippen LogP contribution >= 0.6 is 11.3 Å². The number of urea groups is 1. The fraction of sp³-hybridized carbons (Fsp3) is 0.0741. The second-order valence-corrected chi connectivity index (χ2v) is 9.06. The summed E-state index contributed by atoms with van der Waals surface area (Å²) in [4.78, 5) is 21.7. The van der Waals surface area contributed by atoms with E-state index < -0.39 is 11.8 Å². The van der Waals surface area contributed by atoms with E-state index in [0.717, 1.165) is 10.4 Å². The van der Waals surface area contributed by atoms with Crippen LogP contribution < -0.4 is 15.4 Å². The van der Waals surface area contributed by atoms with E-state index in [9.17, 15) is 9.18 Å². The highest BCUT2D eigenvalue weighted by atomic mass is 32.1. The van der Waals surface area contributed by atoms with Crippen LogP contribution in [0.15, 0.2) is 89.6 Å². The second-order valence-electron chi connectivity index (χ2n) is 8.01. The van der Waals surface area contributed by atoms with Gasteiger partial charge in [-0.2, -0.15) is 5.11 Å². The minimum atomic E-state index is -0.637. The molecule has 0 bridgehead atoms. The van der Waals surface area contributed by atoms with Crippen molar-refractivity contribution in [3.05, 3.63) is 95.8 Å². The number of ether oxygens (including phenoxy) is 1. The van der Waals surface area contributed by atoms with Gasteiger partial charge in [0.25, 0.3) is 0 Å². The van der Waals surface area contributed by atoms with Gasteiger partial charge in [-0.1, -0.05) is 25.3 Å². The van der Waals surface area contributed by atoms with Gasteiger partial charge in [0, 0.05) is 35.9 Å². The van der Waals surface area contributed by atoms with Gasteiger partial charge in [-0.25, -0.2) is 14.7 Å². The van der Waals surface area contributed by atoms with E-state index in [1.165, 1.54) is 29.7 Å². The van der Waals surface area contributed by atoms with Crippen molar-refractivity contribution < 1.29 is 13.9 Å². The highest BCUT2D eigenvalue weighted by Crippen LogP contribution is 2.38. The molecule has 0 aliphatic heterocycles. The molecule has 0 saturated heterocycles. The first-order valence-corrected chi connectivity index (χ1v) is 11.9. The van der Waals surface area contributed by atoms with Crippen molar-refractivity contribution in [1.82, 2.24) is 4.98 Å². The van der Waals surface area contributed by atoms with Crippen LogP contribution in [0.1, 0.15) is 10.4 Å². The van der Waals surface area contributed by atoms with Gasteiger partial charge in [-0.15, -0.1) is 11.3 Å². The number of aromatic nitrogens is 1. The van der Waals surface area contributed by atoms with Crippen LogP contribution in [0.2, 0.25) is 0 Å². The number of carbonyl (C=O) groups is 1. The van der Waals surface area contributed by atoms with Crippen LogP contribution in [-0.4, -0.2) is 23.8 Å². The fourth-order valence-corrected chi connectivity index (χ4v) is 4.30. The van der Waals surface area contributed by atoms with Crippen LogP contribution in [0, 0.1) is 18.3 Å². The number of rotatable bonds is 9. The highest BCUT2D eigenvalue weighted by Gasteiger charge is 2.14. The van der Waals surface area contributed by atoms with Gasteiger partial charge in [-0.3, -0.25) is 9.98 Å². The lowest BCUT2D eigenvalue weighted by Gasteiger charge is -2.11. The number of thiophene rings is 1. The molecule has 0 aliphatic rings. The van der Waals surface area contributed by atoms with Gasteiger partial charge in [0.2, 0.25) is 0 Å². The van der Waals surface area contributed by atoms with Crippen molar-refractivity contribution in [3.8, 4) is 11.5 Å². The number of benzene rings is 2. The van der Waals surface area contributed by atoms with Crippen LogP contribution in [0.25, 0.3) is 15.9 Å². The first kappa shape index (κ1) is 25.4. The lowest BCUT2D eigenvalue weighted by Crippen LogP contribution is -2.19. The third-order valence-corrected chi connectivity index (χ3v) is 6.22. The van der Waals surface area contributed by atoms with Gasteiger partial charge in [0.15, 0.2) is 11.6 Å². The van der Waals surface area contributed by atoms with Crippen LogP contribution in [0.5, 0.6) is 11.5 Å². The van der Waals surface area contributed by atoms with E-state index in [4.69, 9.17) is 10.3 Å². The summed E-state index contributed by atoms with van der Waals surface area (Å²) in [7, 11) is 0. The summed E-state index contributed by atoms with van der Waals surface area (Å²) in [5.41, 5.74) is 10.5. The fourth-order valence-electron chi connectivity index (χ4n) is 3.31. The molecule has 0 spiro atoms. The van der Waals surface area contributed by atoms with E-state index >= 15 is 0 Å². The number of fused-ring (bicyclic) bond motifs is 1. The standard InChI is InChI=1S/C27H23FN6O2S/c1-16-5-4-6-19(11-16)33-27(35)34-20-7-8-23(21(28)12-20)36-24-9-10-30-22-13-25(37-26(22)24)18(3)31-14-17(2)15-32-29/h4-14,29H,2-3,15H2,1H3,(H2,33,34,35)/b31-14-,32-29?. The Morgan fingerprint density at radius 2 is 1.92 bits per heavy atom. The summed E-state index contributed by atoms with van der Waals surface area (Å²) in [5.74, 6) is -0.214. The number of carbonyl (C=O) groups excluding carboxylic acids is 1. The molecule has 0 aliphatic carbocycles. The molecule has 8 nitrogen and oxygen atoms in total. The van der Waals surface area contributed by atoms with Crippen molar-refractivity contribution in [2.45, 2.75) is 6.92 Å². The minimum Gasteiger partial charge on any atom is -0.453 e. The third kappa shape index (κ3) is 6.50. The molecule has 0 fully saturated rings. The molecule has 186 valence electrons. The van der Waals surface area contributed by atoms with E-state index in [1.807, 2.05) is 31.2 Å². The first-order chi connectivity index (χ1) is 17.8. The average molecular weight is 515 g/mol. The zero-order valence-corrected chi connectivity index (χ0v) is 20.7. The monoisotopic (exact) mass is 514 g/mol. The van der Waals surface area contributed by atoms with E-state index in [1.54, 1.807) is 24.4 Å². The number of amides is 2. The van der Waals surface area contributed by atoms with Crippen molar-refractivity contribution in [1.29, 1.82) is 5.53 Å². The quantitative estimate of drug-likeness (QED) is 0.156. The molecule has 2 aromatic carbocycles. The normalized spacial score (nSPS) is 10.9. The highest BCUT2D eigenvalue weighted by molar-refractivity contribution is 7.20. The maximum Gasteiger partial charge on any atom is 0.323 e. The summed E-state index contributed by atoms with van der Waals surface area (Å²) < 4.78 is 21.4. The molecule has 2 heterocycles. The van der Waals surface area contributed by atoms with E-state index in [0.29, 0.717) is 32.9 Å². The number of nitrogens with zero attached hydrogens (tertiary/aromatic N) is 3. The predicted molar refractivity (Wildman–Crippen MR) is 147 cm³/mol. The maximum absolute atomic E-state index is 14.9. The third-order valence-electron chi connectivity index (χ3n) is 5.03. The lowest BCUT2D eigenvalue weighted by molar-refractivity contribution is 0.262. The Hall–Kier alpha value is -4.70. The van der Waals surface area contributed by atoms with Gasteiger partial charge in [-0.05, 0) is 48.4 Å². The predicted octanol–water partition coefficient (Wildman–Crippen LogP) is 7.81. The topological polar surface area (TPSA) is 112 Å². The molecule has 0 unspecified atom stereocenters. The van der Waals surface area contributed by atoms with Crippen molar-refractivity contribution in [2.24, 2.45) is 10.1 Å². The molecule has 2 amide bonds. The molecule has 3 N–H and O–H groups in total. The SMILES string of the molecule is C=C(/C=N\C(=C)c1cc2nccc(Oc3ccc(NC(=O)Nc4cccc(C)c4)cc3F)c2s1)CN=N. The number of hydrogen-bond donors (Lipinski definition) is 3. The molecule has 37 heavy (non-hydrogen) atoms. The summed E-state index contributed by atoms with van der Waals surface area (Å²) in [5, 5.41) is 8.60. The van der Waals surface area contributed by atoms with Crippen molar-refractivity contribution in [2.75, 3.05) is 17.2 Å². The van der Waals surface area contributed by atoms with Crippen LogP contribution in [0.4, 0.5) is 20.6 Å². The molecule has 0 atom stereocenters. The zero-order chi connectivity index (χ0) is 26.4. The van der Waals surface area contributed by atoms with Crippen LogP contribution in [0.3, 0.4) is 0 Å². The lowest BCUT2D eigenvalue weighted by atomic mass is 10.2. The van der Waals surface area contributed by atoms with E-state index in [-0.39, 0.29) is 18.0 Å². The average Bonchev–Trinajstić information content (AvgIpc) is 3.30. The summed E-state index contributed by atoms with van der Waals surface area (Å²) in [6, 6.07) is 14.5. The second kappa shape index (κ2) is 11.4. The van der Waals surface area contributed by atoms with Crippen LogP contribution in [-0.2, 0) is 0 Å². The Labute approximate surface area is 216 Å². The van der Waals surface area contributed by atoms with Gasteiger partial charge in [0.1, 0.15) is 5.75 Å². The molecule has 10 heteroatoms. The van der Waals surface area contributed by atoms with Gasteiger partial charge < -0.3 is 15.4 Å². The number of pyridine rings is 1. The number of aliphatic imine (C=N–C) groups is 1. The summed E-state index contributed by atoms with van der Waals surface area (Å²) >= 11 is 1.36. The number of anilines is 2. The van der Waals surface area contributed by atoms with Gasteiger partial charge >= 0.3 is 6.03 Å². The molecule has 4 aromatic rings. The summed E-state index contributed by atoms with van der Waals surface area (Å²) in [6.45, 7) is 9.83. The zero-order valence-electron chi connectivity index (χ0n) is 19.9. The Balaban J connectivity index is 1.47. The molecule has 4 rings (SSSR count). The molecule has 2 aromatic heterocycles. The summed E-state index contributed by atoms with van der Waals surface area (Å²) in [6.07, 6.45) is 3.09. The van der Waals surface area contributed by atoms with Gasteiger partial charge in [0.05, 0.1) is 27.3 Å². The Kier molecular flexibility index (Phi) is 7.80. The molecular formula is C27H23FN6O2S. The number of aryl methyl sites for hydroxylation is 1. The van der Waals surface area contributed by atoms with Crippen molar-refractivity contribution in [3.63, 3.8) is 0 Å². The first-order valence-electron chi connectivity index (χ1n) is 11.1. The van der Waals surface area contributed by atoms with Crippen molar-refractivity contribution >= 4 is 50.9 Å². The Bertz CT molecular complexity index is 1550. The number of nitrogens with one attached hydrogen (secondary N) is 3. The molecule has 0 radical (unpaired) electrons. The maximum atomic E-state index is 14.9. The van der Waals surface area contributed by atoms with E-state index in [2.05, 4.69) is 38.9 Å². The Morgan fingerprint density at radius 1 is 1.14 bits per heavy atom. The largest absolute Gasteiger partial charge is 0.453 e. The number of halogens is 1. The Morgan fingerprint density at radius 3 is 2.65 bits per heavy atom. The minimum absolute atomic E-state index is 0.000571. The number of hydrogen-bond acceptors (Lipinski definition) is 7.